The normalized spacial score (nSPS) is 12.5. The van der Waals surface area contributed by atoms with Crippen LogP contribution in [0.5, 0.6) is 5.88 Å². The number of nitrogens with zero attached hydrogens (tertiary/aromatic N) is 1. The van der Waals surface area contributed by atoms with E-state index in [1.54, 1.807) is 57.2 Å². The molecule has 2 rings (SSSR count). The van der Waals surface area contributed by atoms with E-state index in [1.807, 2.05) is 6.92 Å². The summed E-state index contributed by atoms with van der Waals surface area (Å²) in [5, 5.41) is 8.52. The van der Waals surface area contributed by atoms with Crippen molar-refractivity contribution in [1.82, 2.24) is 4.98 Å². The molecule has 160 valence electrons. The van der Waals surface area contributed by atoms with Gasteiger partial charge >= 0.3 is 5.97 Å². The average Bonchev–Trinajstić information content (AvgIpc) is 2.60. The van der Waals surface area contributed by atoms with Crippen LogP contribution < -0.4 is 10.5 Å². The Morgan fingerprint density at radius 2 is 1.76 bits per heavy atom. The number of carboxylic acids is 1. The van der Waals surface area contributed by atoms with Crippen LogP contribution in [0.1, 0.15) is 44.4 Å². The Morgan fingerprint density at radius 3 is 2.17 bits per heavy atom. The van der Waals surface area contributed by atoms with Gasteiger partial charge in [0.15, 0.2) is 0 Å². The van der Waals surface area contributed by atoms with Crippen molar-refractivity contribution in [2.45, 2.75) is 50.7 Å². The van der Waals surface area contributed by atoms with E-state index in [9.17, 15) is 13.2 Å². The molecule has 9 heteroatoms. The number of ether oxygens (including phenoxy) is 1. The van der Waals surface area contributed by atoms with Gasteiger partial charge in [0, 0.05) is 18.3 Å². The van der Waals surface area contributed by atoms with Crippen molar-refractivity contribution in [1.29, 1.82) is 0 Å². The number of methoxy groups -OCH3 is 1. The van der Waals surface area contributed by atoms with E-state index in [0.29, 0.717) is 11.4 Å². The summed E-state index contributed by atoms with van der Waals surface area (Å²) in [7, 11) is -2.12. The monoisotopic (exact) mass is 424 g/mol. The van der Waals surface area contributed by atoms with Gasteiger partial charge in [-0.2, -0.15) is 8.42 Å². The Bertz CT molecular complexity index is 888. The first-order chi connectivity index (χ1) is 13.3. The van der Waals surface area contributed by atoms with Gasteiger partial charge in [0.1, 0.15) is 0 Å². The van der Waals surface area contributed by atoms with Gasteiger partial charge < -0.3 is 15.6 Å². The first-order valence-corrected chi connectivity index (χ1v) is 10.2. The topological polar surface area (TPSA) is 129 Å². The lowest BCUT2D eigenvalue weighted by Crippen LogP contribution is -2.24. The molecular formula is C20H28N2O6S. The number of rotatable bonds is 6. The van der Waals surface area contributed by atoms with Crippen LogP contribution in [0.15, 0.2) is 47.5 Å². The summed E-state index contributed by atoms with van der Waals surface area (Å²) < 4.78 is 33.4. The molecule has 3 N–H and O–H groups in total. The second-order valence-corrected chi connectivity index (χ2v) is 8.85. The summed E-state index contributed by atoms with van der Waals surface area (Å²) in [6.45, 7) is 7.03. The minimum atomic E-state index is -3.63. The predicted molar refractivity (Wildman–Crippen MR) is 109 cm³/mol. The summed E-state index contributed by atoms with van der Waals surface area (Å²) in [5.41, 5.74) is 6.63. The molecule has 0 bridgehead atoms. The highest BCUT2D eigenvalue weighted by Gasteiger charge is 2.23. The number of aliphatic carboxylic acids is 1. The SMILES string of the molecule is COc1ccc(C(N)CC(=O)O)cn1.Cc1ccc(S(=O)(=O)OC(C)(C)C)cc1. The van der Waals surface area contributed by atoms with E-state index in [4.69, 9.17) is 19.8 Å². The van der Waals surface area contributed by atoms with E-state index in [2.05, 4.69) is 4.98 Å². The zero-order valence-electron chi connectivity index (χ0n) is 17.2. The highest BCUT2D eigenvalue weighted by molar-refractivity contribution is 7.86. The van der Waals surface area contributed by atoms with Gasteiger partial charge in [-0.15, -0.1) is 0 Å². The fourth-order valence-corrected chi connectivity index (χ4v) is 3.34. The first-order valence-electron chi connectivity index (χ1n) is 8.83. The first kappa shape index (κ1) is 24.5. The van der Waals surface area contributed by atoms with Gasteiger partial charge in [-0.3, -0.25) is 8.98 Å². The van der Waals surface area contributed by atoms with Crippen molar-refractivity contribution in [3.05, 3.63) is 53.7 Å². The minimum Gasteiger partial charge on any atom is -0.481 e. The van der Waals surface area contributed by atoms with Crippen molar-refractivity contribution in [2.24, 2.45) is 5.73 Å². The Kier molecular flexibility index (Phi) is 8.75. The van der Waals surface area contributed by atoms with E-state index in [1.165, 1.54) is 13.3 Å². The van der Waals surface area contributed by atoms with Crippen LogP contribution in [-0.2, 0) is 19.1 Å². The summed E-state index contributed by atoms with van der Waals surface area (Å²) in [5.74, 6) is -0.440. The van der Waals surface area contributed by atoms with Crippen molar-refractivity contribution >= 4 is 16.1 Å². The number of carboxylic acid groups (broad SMARTS) is 1. The van der Waals surface area contributed by atoms with Crippen molar-refractivity contribution in [3.8, 4) is 5.88 Å². The van der Waals surface area contributed by atoms with E-state index in [0.717, 1.165) is 5.56 Å². The van der Waals surface area contributed by atoms with E-state index >= 15 is 0 Å². The standard InChI is InChI=1S/C11H16O3S.C9H12N2O3/c1-9-5-7-10(8-6-9)15(12,13)14-11(2,3)4;1-14-8-3-2-6(5-11-8)7(10)4-9(12)13/h5-8H,1-4H3;2-3,5,7H,4,10H2,1H3,(H,12,13). The molecule has 0 aliphatic carbocycles. The molecule has 0 saturated heterocycles. The smallest absolute Gasteiger partial charge is 0.305 e. The highest BCUT2D eigenvalue weighted by Crippen LogP contribution is 2.19. The lowest BCUT2D eigenvalue weighted by Gasteiger charge is -2.18. The number of aromatic nitrogens is 1. The number of benzene rings is 1. The molecule has 8 nitrogen and oxygen atoms in total. The predicted octanol–water partition coefficient (Wildman–Crippen LogP) is 3.06. The molecule has 0 radical (unpaired) electrons. The lowest BCUT2D eigenvalue weighted by atomic mass is 10.1. The molecule has 1 unspecified atom stereocenters. The second kappa shape index (κ2) is 10.3. The number of nitrogens with two attached hydrogens (primary N) is 1. The Balaban J connectivity index is 0.000000291. The molecule has 1 aromatic heterocycles. The quantitative estimate of drug-likeness (QED) is 0.677. The maximum Gasteiger partial charge on any atom is 0.305 e. The van der Waals surface area contributed by atoms with Crippen LogP contribution in [0.4, 0.5) is 0 Å². The third-order valence-corrected chi connectivity index (χ3v) is 5.03. The van der Waals surface area contributed by atoms with Crippen LogP contribution in [0.25, 0.3) is 0 Å². The molecule has 1 atom stereocenters. The summed E-state index contributed by atoms with van der Waals surface area (Å²) in [4.78, 5) is 14.5. The molecule has 1 aromatic carbocycles. The molecule has 29 heavy (non-hydrogen) atoms. The highest BCUT2D eigenvalue weighted by atomic mass is 32.2. The minimum absolute atomic E-state index is 0.103. The van der Waals surface area contributed by atoms with Crippen LogP contribution in [0.3, 0.4) is 0 Å². The second-order valence-electron chi connectivity index (χ2n) is 7.30. The number of hydrogen-bond acceptors (Lipinski definition) is 7. The largest absolute Gasteiger partial charge is 0.481 e. The maximum absolute atomic E-state index is 11.7. The average molecular weight is 425 g/mol. The Labute approximate surface area is 171 Å². The summed E-state index contributed by atoms with van der Waals surface area (Å²) >= 11 is 0. The molecule has 0 aliphatic heterocycles. The van der Waals surface area contributed by atoms with Crippen LogP contribution >= 0.6 is 0 Å². The molecule has 0 spiro atoms. The third kappa shape index (κ3) is 9.03. The van der Waals surface area contributed by atoms with Gasteiger partial charge in [0.25, 0.3) is 10.1 Å². The van der Waals surface area contributed by atoms with E-state index < -0.39 is 27.7 Å². The molecule has 0 amide bonds. The van der Waals surface area contributed by atoms with Crippen molar-refractivity contribution < 1.29 is 27.2 Å². The van der Waals surface area contributed by atoms with Crippen LogP contribution in [-0.4, -0.2) is 37.2 Å². The summed E-state index contributed by atoms with van der Waals surface area (Å²) in [6.07, 6.45) is 1.42. The van der Waals surface area contributed by atoms with Gasteiger partial charge in [0.2, 0.25) is 5.88 Å². The maximum atomic E-state index is 11.7. The van der Waals surface area contributed by atoms with Gasteiger partial charge in [-0.25, -0.2) is 4.98 Å². The zero-order valence-corrected chi connectivity index (χ0v) is 18.1. The Hall–Kier alpha value is -2.49. The van der Waals surface area contributed by atoms with E-state index in [-0.39, 0.29) is 11.3 Å². The summed E-state index contributed by atoms with van der Waals surface area (Å²) in [6, 6.07) is 9.44. The Morgan fingerprint density at radius 1 is 1.17 bits per heavy atom. The van der Waals surface area contributed by atoms with Crippen LogP contribution in [0, 0.1) is 6.92 Å². The van der Waals surface area contributed by atoms with Crippen LogP contribution in [0.2, 0.25) is 0 Å². The number of carbonyl (C=O) groups is 1. The molecule has 0 saturated carbocycles. The zero-order chi connectivity index (χ0) is 22.2. The van der Waals surface area contributed by atoms with Crippen molar-refractivity contribution in [3.63, 3.8) is 0 Å². The molecule has 0 fully saturated rings. The molecule has 2 aromatic rings. The molecular weight excluding hydrogens is 396 g/mol. The van der Waals surface area contributed by atoms with Gasteiger partial charge in [-0.05, 0) is 45.4 Å². The number of aryl methyl sites for hydroxylation is 1. The van der Waals surface area contributed by atoms with Gasteiger partial charge in [0.05, 0.1) is 24.0 Å². The molecule has 0 aliphatic rings. The third-order valence-electron chi connectivity index (χ3n) is 3.46. The molecule has 1 heterocycles. The van der Waals surface area contributed by atoms with Gasteiger partial charge in [-0.1, -0.05) is 23.8 Å². The number of pyridine rings is 1. The lowest BCUT2D eigenvalue weighted by molar-refractivity contribution is -0.137. The fraction of sp³-hybridized carbons (Fsp3) is 0.400. The fourth-order valence-electron chi connectivity index (χ4n) is 2.12. The number of hydrogen-bond donors (Lipinski definition) is 2. The van der Waals surface area contributed by atoms with Crippen molar-refractivity contribution in [2.75, 3.05) is 7.11 Å².